The summed E-state index contributed by atoms with van der Waals surface area (Å²) in [6.07, 6.45) is 3.40. The van der Waals surface area contributed by atoms with Crippen LogP contribution in [0.1, 0.15) is 60.3 Å². The minimum absolute atomic E-state index is 0.0309. The van der Waals surface area contributed by atoms with Gasteiger partial charge in [-0.15, -0.1) is 0 Å². The molecule has 1 aliphatic heterocycles. The van der Waals surface area contributed by atoms with Gasteiger partial charge in [0.1, 0.15) is 23.1 Å². The molecule has 3 aromatic carbocycles. The maximum atomic E-state index is 13.9. The molecule has 4 heteroatoms. The molecule has 3 aromatic rings. The summed E-state index contributed by atoms with van der Waals surface area (Å²) in [7, 11) is 0. The van der Waals surface area contributed by atoms with E-state index in [4.69, 9.17) is 9.47 Å². The Hall–Kier alpha value is -3.01. The van der Waals surface area contributed by atoms with Crippen molar-refractivity contribution in [1.29, 1.82) is 0 Å². The van der Waals surface area contributed by atoms with Crippen LogP contribution in [0, 0.1) is 12.7 Å². The number of hydrogen-bond acceptors (Lipinski definition) is 3. The van der Waals surface area contributed by atoms with E-state index in [-0.39, 0.29) is 23.4 Å². The third kappa shape index (κ3) is 4.68. The molecule has 1 aliphatic rings. The van der Waals surface area contributed by atoms with E-state index in [0.29, 0.717) is 17.9 Å². The summed E-state index contributed by atoms with van der Waals surface area (Å²) in [6, 6.07) is 18.8. The summed E-state index contributed by atoms with van der Waals surface area (Å²) in [5, 5.41) is 9.91. The van der Waals surface area contributed by atoms with Crippen LogP contribution in [-0.4, -0.2) is 18.3 Å². The number of ether oxygens (including phenoxy) is 2. The maximum absolute atomic E-state index is 13.9. The standard InChI is InChI=1S/C27H29FO3/c1-3-4-5-14-30-22-10-6-19(7-11-22)27-23-12-9-21(29)16-26(23)31-17-24(27)20-8-13-25(28)18(2)15-20/h6-13,15-16,24,27,29H,3-5,14,17H2,1-2H3. The van der Waals surface area contributed by atoms with Gasteiger partial charge in [0.15, 0.2) is 0 Å². The van der Waals surface area contributed by atoms with E-state index in [1.54, 1.807) is 19.1 Å². The Morgan fingerprint density at radius 3 is 2.52 bits per heavy atom. The summed E-state index contributed by atoms with van der Waals surface area (Å²) in [5.41, 5.74) is 3.84. The summed E-state index contributed by atoms with van der Waals surface area (Å²) in [5.74, 6) is 1.61. The van der Waals surface area contributed by atoms with Gasteiger partial charge >= 0.3 is 0 Å². The van der Waals surface area contributed by atoms with Gasteiger partial charge in [0.2, 0.25) is 0 Å². The van der Waals surface area contributed by atoms with Gasteiger partial charge in [-0.05, 0) is 54.3 Å². The highest BCUT2D eigenvalue weighted by molar-refractivity contribution is 5.51. The lowest BCUT2D eigenvalue weighted by Gasteiger charge is -2.34. The predicted octanol–water partition coefficient (Wildman–Crippen LogP) is 6.72. The molecule has 0 amide bonds. The van der Waals surface area contributed by atoms with E-state index in [2.05, 4.69) is 19.1 Å². The number of fused-ring (bicyclic) bond motifs is 1. The van der Waals surface area contributed by atoms with Crippen molar-refractivity contribution in [3.05, 3.63) is 88.7 Å². The zero-order valence-corrected chi connectivity index (χ0v) is 18.1. The van der Waals surface area contributed by atoms with E-state index >= 15 is 0 Å². The van der Waals surface area contributed by atoms with Crippen molar-refractivity contribution in [2.24, 2.45) is 0 Å². The molecule has 3 nitrogen and oxygen atoms in total. The van der Waals surface area contributed by atoms with Gasteiger partial charge in [-0.2, -0.15) is 0 Å². The van der Waals surface area contributed by atoms with Crippen LogP contribution in [0.5, 0.6) is 17.2 Å². The lowest BCUT2D eigenvalue weighted by Crippen LogP contribution is -2.25. The number of unbranched alkanes of at least 4 members (excludes halogenated alkanes) is 2. The summed E-state index contributed by atoms with van der Waals surface area (Å²) >= 11 is 0. The third-order valence-electron chi connectivity index (χ3n) is 6.02. The SMILES string of the molecule is CCCCCOc1ccc(C2c3ccc(O)cc3OCC2c2ccc(F)c(C)c2)cc1. The van der Waals surface area contributed by atoms with Crippen molar-refractivity contribution >= 4 is 0 Å². The van der Waals surface area contributed by atoms with Crippen molar-refractivity contribution in [1.82, 2.24) is 0 Å². The smallest absolute Gasteiger partial charge is 0.126 e. The normalized spacial score (nSPS) is 17.6. The minimum Gasteiger partial charge on any atom is -0.508 e. The van der Waals surface area contributed by atoms with Crippen LogP contribution in [0.2, 0.25) is 0 Å². The van der Waals surface area contributed by atoms with Crippen LogP contribution in [0.25, 0.3) is 0 Å². The monoisotopic (exact) mass is 420 g/mol. The maximum Gasteiger partial charge on any atom is 0.126 e. The van der Waals surface area contributed by atoms with E-state index in [9.17, 15) is 9.50 Å². The summed E-state index contributed by atoms with van der Waals surface area (Å²) in [4.78, 5) is 0. The quantitative estimate of drug-likeness (QED) is 0.431. The molecule has 1 heterocycles. The first-order valence-electron chi connectivity index (χ1n) is 11.0. The van der Waals surface area contributed by atoms with Crippen LogP contribution in [0.15, 0.2) is 60.7 Å². The molecule has 0 aromatic heterocycles. The number of rotatable bonds is 7. The molecular weight excluding hydrogens is 391 g/mol. The van der Waals surface area contributed by atoms with Gasteiger partial charge in [-0.25, -0.2) is 4.39 Å². The Kier molecular flexibility index (Phi) is 6.45. The van der Waals surface area contributed by atoms with E-state index in [0.717, 1.165) is 35.5 Å². The van der Waals surface area contributed by atoms with Crippen molar-refractivity contribution < 1.29 is 19.0 Å². The largest absolute Gasteiger partial charge is 0.508 e. The van der Waals surface area contributed by atoms with Crippen LogP contribution in [-0.2, 0) is 0 Å². The van der Waals surface area contributed by atoms with Crippen LogP contribution < -0.4 is 9.47 Å². The average Bonchev–Trinajstić information content (AvgIpc) is 2.78. The van der Waals surface area contributed by atoms with Gasteiger partial charge in [-0.1, -0.05) is 50.1 Å². The van der Waals surface area contributed by atoms with E-state index in [1.807, 2.05) is 30.3 Å². The molecule has 31 heavy (non-hydrogen) atoms. The molecule has 0 aliphatic carbocycles. The number of hydrogen-bond donors (Lipinski definition) is 1. The van der Waals surface area contributed by atoms with Gasteiger partial charge in [-0.3, -0.25) is 0 Å². The predicted molar refractivity (Wildman–Crippen MR) is 121 cm³/mol. The highest BCUT2D eigenvalue weighted by Gasteiger charge is 2.34. The number of phenolic OH excluding ortho intramolecular Hbond substituents is 1. The second kappa shape index (κ2) is 9.42. The molecule has 0 bridgehead atoms. The fraction of sp³-hybridized carbons (Fsp3) is 0.333. The number of aromatic hydroxyl groups is 1. The molecule has 0 saturated heterocycles. The molecule has 2 atom stereocenters. The number of phenols is 1. The molecule has 0 radical (unpaired) electrons. The van der Waals surface area contributed by atoms with Crippen molar-refractivity contribution in [2.75, 3.05) is 13.2 Å². The fourth-order valence-corrected chi connectivity index (χ4v) is 4.31. The number of benzene rings is 3. The van der Waals surface area contributed by atoms with Crippen molar-refractivity contribution in [2.45, 2.75) is 44.9 Å². The summed E-state index contributed by atoms with van der Waals surface area (Å²) in [6.45, 7) is 5.15. The highest BCUT2D eigenvalue weighted by Crippen LogP contribution is 2.47. The van der Waals surface area contributed by atoms with Crippen molar-refractivity contribution in [3.8, 4) is 17.2 Å². The van der Waals surface area contributed by atoms with E-state index in [1.165, 1.54) is 18.9 Å². The third-order valence-corrected chi connectivity index (χ3v) is 6.02. The topological polar surface area (TPSA) is 38.7 Å². The molecule has 2 unspecified atom stereocenters. The molecule has 1 N–H and O–H groups in total. The van der Waals surface area contributed by atoms with Crippen LogP contribution in [0.4, 0.5) is 4.39 Å². The Morgan fingerprint density at radius 1 is 1.00 bits per heavy atom. The van der Waals surface area contributed by atoms with Gasteiger partial charge in [0.05, 0.1) is 13.2 Å². The second-order valence-corrected chi connectivity index (χ2v) is 8.25. The molecule has 0 saturated carbocycles. The zero-order chi connectivity index (χ0) is 21.8. The molecule has 0 spiro atoms. The van der Waals surface area contributed by atoms with Crippen molar-refractivity contribution in [3.63, 3.8) is 0 Å². The molecule has 4 rings (SSSR count). The Balaban J connectivity index is 1.67. The summed E-state index contributed by atoms with van der Waals surface area (Å²) < 4.78 is 25.8. The van der Waals surface area contributed by atoms with Gasteiger partial charge in [0.25, 0.3) is 0 Å². The lowest BCUT2D eigenvalue weighted by molar-refractivity contribution is 0.247. The second-order valence-electron chi connectivity index (χ2n) is 8.25. The number of halogens is 1. The van der Waals surface area contributed by atoms with Crippen LogP contribution in [0.3, 0.4) is 0 Å². The molecule has 162 valence electrons. The van der Waals surface area contributed by atoms with E-state index < -0.39 is 0 Å². The molecular formula is C27H29FO3. The fourth-order valence-electron chi connectivity index (χ4n) is 4.31. The number of aryl methyl sites for hydroxylation is 1. The minimum atomic E-state index is -0.202. The first kappa shape index (κ1) is 21.2. The van der Waals surface area contributed by atoms with Crippen LogP contribution >= 0.6 is 0 Å². The molecule has 0 fully saturated rings. The van der Waals surface area contributed by atoms with Gasteiger partial charge in [0, 0.05) is 23.5 Å². The highest BCUT2D eigenvalue weighted by atomic mass is 19.1. The zero-order valence-electron chi connectivity index (χ0n) is 18.1. The van der Waals surface area contributed by atoms with Gasteiger partial charge < -0.3 is 14.6 Å². The lowest BCUT2D eigenvalue weighted by atomic mass is 9.75. The Bertz CT molecular complexity index is 1030. The Labute approximate surface area is 183 Å². The first-order chi connectivity index (χ1) is 15.1. The Morgan fingerprint density at radius 2 is 1.77 bits per heavy atom. The first-order valence-corrected chi connectivity index (χ1v) is 11.0. The average molecular weight is 421 g/mol.